The molecule has 3 rings (SSSR count). The fourth-order valence-corrected chi connectivity index (χ4v) is 4.35. The van der Waals surface area contributed by atoms with Crippen LogP contribution in [0.3, 0.4) is 0 Å². The maximum Gasteiger partial charge on any atom is 0.320 e. The molecule has 2 aromatic carbocycles. The second-order valence-electron chi connectivity index (χ2n) is 10.6. The molecular weight excluding hydrogens is 479 g/mol. The number of imidazole rings is 1. The quantitative estimate of drug-likeness (QED) is 0.401. The van der Waals surface area contributed by atoms with E-state index < -0.39 is 35.8 Å². The lowest BCUT2D eigenvalue weighted by molar-refractivity contribution is 0.0899. The van der Waals surface area contributed by atoms with Crippen molar-refractivity contribution in [2.45, 2.75) is 45.8 Å². The maximum absolute atomic E-state index is 14.8. The average molecular weight is 516 g/mol. The van der Waals surface area contributed by atoms with Crippen molar-refractivity contribution in [3.63, 3.8) is 0 Å². The Hall–Kier alpha value is -3.33. The van der Waals surface area contributed by atoms with Crippen molar-refractivity contribution in [2.24, 2.45) is 11.1 Å². The molecule has 1 heterocycles. The predicted octanol–water partition coefficient (Wildman–Crippen LogP) is 5.63. The smallest absolute Gasteiger partial charge is 0.320 e. The van der Waals surface area contributed by atoms with Crippen LogP contribution in [-0.4, -0.2) is 58.7 Å². The van der Waals surface area contributed by atoms with E-state index in [1.165, 1.54) is 4.90 Å². The maximum atomic E-state index is 14.8. The van der Waals surface area contributed by atoms with E-state index in [-0.39, 0.29) is 30.3 Å². The zero-order valence-electron chi connectivity index (χ0n) is 22.1. The highest BCUT2D eigenvalue weighted by molar-refractivity contribution is 5.74. The minimum Gasteiger partial charge on any atom is -0.331 e. The summed E-state index contributed by atoms with van der Waals surface area (Å²) < 4.78 is 43.9. The Balaban J connectivity index is 2.21. The van der Waals surface area contributed by atoms with E-state index in [0.717, 1.165) is 23.8 Å². The molecule has 0 saturated heterocycles. The van der Waals surface area contributed by atoms with E-state index in [1.54, 1.807) is 25.2 Å². The van der Waals surface area contributed by atoms with Gasteiger partial charge in [-0.05, 0) is 35.6 Å². The van der Waals surface area contributed by atoms with Gasteiger partial charge in [-0.25, -0.2) is 22.9 Å². The number of hydrogen-bond acceptors (Lipinski definition) is 3. The Bertz CT molecular complexity index is 1190. The second-order valence-corrected chi connectivity index (χ2v) is 10.6. The van der Waals surface area contributed by atoms with E-state index in [9.17, 15) is 18.0 Å². The number of urea groups is 1. The largest absolute Gasteiger partial charge is 0.331 e. The van der Waals surface area contributed by atoms with Crippen molar-refractivity contribution in [2.75, 3.05) is 27.3 Å². The number of aromatic nitrogens is 2. The van der Waals surface area contributed by atoms with Crippen LogP contribution >= 0.6 is 0 Å². The number of benzene rings is 2. The number of nitrogens with zero attached hydrogens (tertiary/aromatic N) is 4. The van der Waals surface area contributed by atoms with Crippen molar-refractivity contribution < 1.29 is 18.0 Å². The van der Waals surface area contributed by atoms with Crippen molar-refractivity contribution in [3.8, 4) is 11.3 Å². The normalized spacial score (nSPS) is 13.3. The zero-order chi connectivity index (χ0) is 27.3. The Labute approximate surface area is 216 Å². The second kappa shape index (κ2) is 11.8. The van der Waals surface area contributed by atoms with Crippen LogP contribution in [0.5, 0.6) is 0 Å². The van der Waals surface area contributed by atoms with Crippen molar-refractivity contribution >= 4 is 6.03 Å². The van der Waals surface area contributed by atoms with Crippen LogP contribution < -0.4 is 5.73 Å². The first-order valence-corrected chi connectivity index (χ1v) is 12.3. The molecule has 0 saturated carbocycles. The molecule has 0 aliphatic rings. The predicted molar refractivity (Wildman–Crippen MR) is 140 cm³/mol. The molecule has 0 aliphatic heterocycles. The Morgan fingerprint density at radius 2 is 1.78 bits per heavy atom. The van der Waals surface area contributed by atoms with Crippen LogP contribution in [0.2, 0.25) is 0 Å². The van der Waals surface area contributed by atoms with E-state index in [2.05, 4.69) is 0 Å². The van der Waals surface area contributed by atoms with Crippen LogP contribution in [0, 0.1) is 17.0 Å². The summed E-state index contributed by atoms with van der Waals surface area (Å²) in [5.41, 5.74) is 6.61. The summed E-state index contributed by atoms with van der Waals surface area (Å²) in [6, 6.07) is 11.3. The topological polar surface area (TPSA) is 67.4 Å². The lowest BCUT2D eigenvalue weighted by atomic mass is 9.84. The summed E-state index contributed by atoms with van der Waals surface area (Å²) >= 11 is 0. The van der Waals surface area contributed by atoms with Crippen molar-refractivity contribution in [3.05, 3.63) is 77.8 Å². The van der Waals surface area contributed by atoms with Crippen LogP contribution in [0.1, 0.15) is 44.6 Å². The van der Waals surface area contributed by atoms with Crippen LogP contribution in [0.25, 0.3) is 11.3 Å². The van der Waals surface area contributed by atoms with Gasteiger partial charge in [-0.15, -0.1) is 0 Å². The summed E-state index contributed by atoms with van der Waals surface area (Å²) in [5, 5.41) is 0. The third-order valence-corrected chi connectivity index (χ3v) is 6.15. The number of carbonyl (C=O) groups excluding carboxylic acids is 1. The zero-order valence-corrected chi connectivity index (χ0v) is 22.1. The lowest BCUT2D eigenvalue weighted by Gasteiger charge is -2.41. The van der Waals surface area contributed by atoms with E-state index in [1.807, 2.05) is 55.7 Å². The summed E-state index contributed by atoms with van der Waals surface area (Å²) in [7, 11) is 3.29. The van der Waals surface area contributed by atoms with Gasteiger partial charge in [0.05, 0.1) is 11.7 Å². The van der Waals surface area contributed by atoms with Gasteiger partial charge in [0.15, 0.2) is 0 Å². The molecule has 2 amide bonds. The Morgan fingerprint density at radius 3 is 2.38 bits per heavy atom. The number of nitrogens with two attached hydrogens (primary N) is 1. The molecule has 9 heteroatoms. The molecule has 2 unspecified atom stereocenters. The van der Waals surface area contributed by atoms with E-state index >= 15 is 0 Å². The number of amides is 2. The van der Waals surface area contributed by atoms with Gasteiger partial charge in [0.2, 0.25) is 0 Å². The summed E-state index contributed by atoms with van der Waals surface area (Å²) in [6.45, 7) is 5.84. The monoisotopic (exact) mass is 515 g/mol. The highest BCUT2D eigenvalue weighted by Crippen LogP contribution is 2.40. The van der Waals surface area contributed by atoms with Crippen LogP contribution in [0.15, 0.2) is 54.7 Å². The number of alkyl halides is 1. The van der Waals surface area contributed by atoms with Gasteiger partial charge in [0.25, 0.3) is 0 Å². The average Bonchev–Trinajstić information content (AvgIpc) is 3.24. The van der Waals surface area contributed by atoms with Crippen molar-refractivity contribution in [1.29, 1.82) is 0 Å². The summed E-state index contributed by atoms with van der Waals surface area (Å²) in [5.74, 6) is -0.661. The third kappa shape index (κ3) is 6.91. The molecule has 0 fully saturated rings. The lowest BCUT2D eigenvalue weighted by Crippen LogP contribution is -2.48. The summed E-state index contributed by atoms with van der Waals surface area (Å²) in [6.07, 6.45) is 1.94. The Kier molecular flexibility index (Phi) is 9.02. The first kappa shape index (κ1) is 28.2. The molecule has 0 radical (unpaired) electrons. The SMILES string of the molecule is CN(C)C(=O)N(CCC(N)CF)C(c1nc(-c2cc(F)ccc2F)cn1Cc1ccccc1)C(C)(C)C. The molecule has 3 aromatic rings. The molecule has 200 valence electrons. The first-order chi connectivity index (χ1) is 17.4. The minimum absolute atomic E-state index is 0.0330. The molecule has 2 atom stereocenters. The number of hydrogen-bond donors (Lipinski definition) is 1. The van der Waals surface area contributed by atoms with Gasteiger partial charge in [-0.1, -0.05) is 51.1 Å². The van der Waals surface area contributed by atoms with Gasteiger partial charge in [-0.3, -0.25) is 0 Å². The Morgan fingerprint density at radius 1 is 1.11 bits per heavy atom. The third-order valence-electron chi connectivity index (χ3n) is 6.15. The van der Waals surface area contributed by atoms with Gasteiger partial charge in [-0.2, -0.15) is 0 Å². The standard InChI is InChI=1S/C28H36F3N5O/c1-28(2,3)25(36(27(37)34(4)5)14-13-21(32)16-29)26-33-24(22-15-20(30)11-12-23(22)31)18-35(26)17-19-9-7-6-8-10-19/h6-12,15,18,21,25H,13-14,16-17,32H2,1-5H3. The highest BCUT2D eigenvalue weighted by Gasteiger charge is 2.39. The first-order valence-electron chi connectivity index (χ1n) is 12.3. The van der Waals surface area contributed by atoms with Crippen LogP contribution in [-0.2, 0) is 6.54 Å². The molecular formula is C28H36F3N5O. The molecule has 2 N–H and O–H groups in total. The van der Waals surface area contributed by atoms with Gasteiger partial charge < -0.3 is 20.1 Å². The van der Waals surface area contributed by atoms with E-state index in [4.69, 9.17) is 10.7 Å². The molecule has 0 spiro atoms. The minimum atomic E-state index is -0.709. The number of halogens is 3. The van der Waals surface area contributed by atoms with E-state index in [0.29, 0.717) is 12.4 Å². The molecule has 0 aliphatic carbocycles. The highest BCUT2D eigenvalue weighted by atomic mass is 19.1. The van der Waals surface area contributed by atoms with Gasteiger partial charge >= 0.3 is 6.03 Å². The molecule has 6 nitrogen and oxygen atoms in total. The molecule has 37 heavy (non-hydrogen) atoms. The summed E-state index contributed by atoms with van der Waals surface area (Å²) in [4.78, 5) is 21.3. The van der Waals surface area contributed by atoms with Gasteiger partial charge in [0.1, 0.15) is 24.1 Å². The van der Waals surface area contributed by atoms with Crippen molar-refractivity contribution in [1.82, 2.24) is 19.4 Å². The fraction of sp³-hybridized carbons (Fsp3) is 0.429. The fourth-order valence-electron chi connectivity index (χ4n) is 4.35. The number of rotatable bonds is 9. The van der Waals surface area contributed by atoms with Gasteiger partial charge in [0, 0.05) is 45.0 Å². The molecule has 0 bridgehead atoms. The molecule has 1 aromatic heterocycles. The van der Waals surface area contributed by atoms with Crippen LogP contribution in [0.4, 0.5) is 18.0 Å². The number of carbonyl (C=O) groups is 1.